The van der Waals surface area contributed by atoms with Crippen molar-refractivity contribution in [2.45, 2.75) is 6.61 Å². The third kappa shape index (κ3) is 5.12. The number of hydrazone groups is 1. The molecular weight excluding hydrogens is 334 g/mol. The van der Waals surface area contributed by atoms with Gasteiger partial charge in [0.2, 0.25) is 5.11 Å². The monoisotopic (exact) mass is 350 g/mol. The van der Waals surface area contributed by atoms with E-state index in [1.54, 1.807) is 13.3 Å². The van der Waals surface area contributed by atoms with E-state index in [2.05, 4.69) is 10.5 Å². The average Bonchev–Trinajstić information content (AvgIpc) is 2.54. The Morgan fingerprint density at radius 1 is 1.30 bits per heavy atom. The molecule has 7 heteroatoms. The van der Waals surface area contributed by atoms with Gasteiger partial charge in [-0.2, -0.15) is 0 Å². The van der Waals surface area contributed by atoms with Crippen LogP contribution in [-0.4, -0.2) is 18.4 Å². The maximum atomic E-state index is 6.12. The van der Waals surface area contributed by atoms with Gasteiger partial charge in [0.05, 0.1) is 7.11 Å². The molecule has 2 aromatic rings. The summed E-state index contributed by atoms with van der Waals surface area (Å²) in [4.78, 5) is 0. The molecule has 4 N–H and O–H groups in total. The van der Waals surface area contributed by atoms with Gasteiger partial charge < -0.3 is 15.2 Å². The van der Waals surface area contributed by atoms with Gasteiger partial charge in [-0.3, -0.25) is 0 Å². The zero-order valence-electron chi connectivity index (χ0n) is 12.5. The third-order valence-corrected chi connectivity index (χ3v) is 3.43. The Kier molecular flexibility index (Phi) is 6.19. The van der Waals surface area contributed by atoms with Crippen molar-refractivity contribution >= 4 is 35.1 Å². The lowest BCUT2D eigenvalue weighted by Crippen LogP contribution is -2.82. The molecular formula is C16H17ClN3O2S+. The molecule has 0 amide bonds. The van der Waals surface area contributed by atoms with Gasteiger partial charge in [0.1, 0.15) is 6.61 Å². The van der Waals surface area contributed by atoms with Crippen LogP contribution in [0.3, 0.4) is 0 Å². The Balaban J connectivity index is 2.09. The molecule has 5 nitrogen and oxygen atoms in total. The summed E-state index contributed by atoms with van der Waals surface area (Å²) in [7, 11) is 1.59. The first-order chi connectivity index (χ1) is 11.1. The number of hydrogen-bond donors (Lipinski definition) is 3. The number of halogens is 1. The largest absolute Gasteiger partial charge is 0.493 e. The number of nitrogens with two attached hydrogens (primary N) is 1. The molecule has 2 aromatic carbocycles. The zero-order valence-corrected chi connectivity index (χ0v) is 14.1. The van der Waals surface area contributed by atoms with Gasteiger partial charge in [0.15, 0.2) is 17.7 Å². The number of rotatable bonds is 6. The summed E-state index contributed by atoms with van der Waals surface area (Å²) in [5.74, 6) is 1.25. The van der Waals surface area contributed by atoms with Crippen molar-refractivity contribution in [3.8, 4) is 11.5 Å². The van der Waals surface area contributed by atoms with Crippen molar-refractivity contribution in [1.82, 2.24) is 5.43 Å². The summed E-state index contributed by atoms with van der Waals surface area (Å²) in [5, 5.41) is 3.61. The Hall–Kier alpha value is -2.31. The summed E-state index contributed by atoms with van der Waals surface area (Å²) >= 11 is 10.8. The molecule has 2 rings (SSSR count). The minimum absolute atomic E-state index is 0.160. The number of ether oxygens (including phenoxy) is 2. The minimum atomic E-state index is 0.160. The number of methoxy groups -OCH3 is 1. The standard InChI is InChI=1S/C16H16ClN3O2S/c1-21-15-8-11(9-19-20-16(18)23)6-7-14(15)22-10-12-4-2-3-5-13(12)17/h2-9H,10H2,1H3,(H3,18,20,23)/p+1. The molecule has 0 aliphatic carbocycles. The number of thiocarbonyl (C=S) groups is 1. The first-order valence-corrected chi connectivity index (χ1v) is 7.57. The van der Waals surface area contributed by atoms with E-state index < -0.39 is 0 Å². The summed E-state index contributed by atoms with van der Waals surface area (Å²) in [5.41, 5.74) is 9.72. The Labute approximate surface area is 145 Å². The van der Waals surface area contributed by atoms with Crippen molar-refractivity contribution in [2.24, 2.45) is 5.73 Å². The molecule has 0 saturated heterocycles. The average molecular weight is 351 g/mol. The summed E-state index contributed by atoms with van der Waals surface area (Å²) < 4.78 is 11.1. The summed E-state index contributed by atoms with van der Waals surface area (Å²) in [6, 6.07) is 13.1. The fourth-order valence-electron chi connectivity index (χ4n) is 1.85. The Bertz CT molecular complexity index is 722. The predicted molar refractivity (Wildman–Crippen MR) is 94.8 cm³/mol. The topological polar surface area (TPSA) is 70.5 Å². The smallest absolute Gasteiger partial charge is 0.221 e. The van der Waals surface area contributed by atoms with Crippen molar-refractivity contribution in [1.29, 1.82) is 0 Å². The molecule has 0 unspecified atom stereocenters. The number of nitrogens with one attached hydrogen (secondary N) is 2. The molecule has 0 spiro atoms. The minimum Gasteiger partial charge on any atom is -0.493 e. The van der Waals surface area contributed by atoms with E-state index in [0.717, 1.165) is 11.1 Å². The van der Waals surface area contributed by atoms with Crippen molar-refractivity contribution < 1.29 is 14.6 Å². The second kappa shape index (κ2) is 8.36. The lowest BCUT2D eigenvalue weighted by atomic mass is 10.2. The third-order valence-electron chi connectivity index (χ3n) is 2.96. The lowest BCUT2D eigenvalue weighted by molar-refractivity contribution is -0.499. The van der Waals surface area contributed by atoms with Crippen LogP contribution in [0.4, 0.5) is 0 Å². The van der Waals surface area contributed by atoms with E-state index in [4.69, 9.17) is 39.0 Å². The first-order valence-electron chi connectivity index (χ1n) is 6.78. The number of hydrogen-bond acceptors (Lipinski definition) is 3. The Morgan fingerprint density at radius 3 is 2.78 bits per heavy atom. The SMILES string of the molecule is COc1cc(C=[NH+]NC(N)=S)ccc1OCc1ccccc1Cl. The highest BCUT2D eigenvalue weighted by atomic mass is 35.5. The molecule has 0 bridgehead atoms. The maximum Gasteiger partial charge on any atom is 0.221 e. The first kappa shape index (κ1) is 17.1. The number of benzene rings is 2. The highest BCUT2D eigenvalue weighted by Gasteiger charge is 2.08. The summed E-state index contributed by atoms with van der Waals surface area (Å²) in [6.07, 6.45) is 1.71. The van der Waals surface area contributed by atoms with Gasteiger partial charge in [-0.15, -0.1) is 10.5 Å². The van der Waals surface area contributed by atoms with E-state index in [9.17, 15) is 0 Å². The normalized spacial score (nSPS) is 10.5. The summed E-state index contributed by atoms with van der Waals surface area (Å²) in [6.45, 7) is 0.361. The second-order valence-corrected chi connectivity index (χ2v) is 5.42. The van der Waals surface area contributed by atoms with Gasteiger partial charge in [0, 0.05) is 16.1 Å². The van der Waals surface area contributed by atoms with Crippen LogP contribution >= 0.6 is 23.8 Å². The lowest BCUT2D eigenvalue weighted by Gasteiger charge is -2.11. The molecule has 0 atom stereocenters. The van der Waals surface area contributed by atoms with Crippen LogP contribution in [0.2, 0.25) is 5.02 Å². The van der Waals surface area contributed by atoms with Crippen molar-refractivity contribution in [3.63, 3.8) is 0 Å². The van der Waals surface area contributed by atoms with E-state index in [0.29, 0.717) is 23.1 Å². The van der Waals surface area contributed by atoms with Gasteiger partial charge in [-0.25, -0.2) is 0 Å². The van der Waals surface area contributed by atoms with E-state index >= 15 is 0 Å². The molecule has 0 aromatic heterocycles. The fraction of sp³-hybridized carbons (Fsp3) is 0.125. The van der Waals surface area contributed by atoms with Crippen molar-refractivity contribution in [3.05, 3.63) is 58.6 Å². The van der Waals surface area contributed by atoms with Crippen molar-refractivity contribution in [2.75, 3.05) is 7.11 Å². The van der Waals surface area contributed by atoms with E-state index in [-0.39, 0.29) is 5.11 Å². The fourth-order valence-corrected chi connectivity index (χ4v) is 2.10. The van der Waals surface area contributed by atoms with E-state index in [1.807, 2.05) is 42.5 Å². The molecule has 0 aliphatic heterocycles. The molecule has 0 aliphatic rings. The van der Waals surface area contributed by atoms with Crippen LogP contribution in [0, 0.1) is 0 Å². The van der Waals surface area contributed by atoms with Gasteiger partial charge in [0.25, 0.3) is 0 Å². The van der Waals surface area contributed by atoms with Gasteiger partial charge in [-0.1, -0.05) is 29.8 Å². The second-order valence-electron chi connectivity index (χ2n) is 4.57. The van der Waals surface area contributed by atoms with Crippen LogP contribution in [0.25, 0.3) is 0 Å². The van der Waals surface area contributed by atoms with Crippen LogP contribution < -0.4 is 25.7 Å². The maximum absolute atomic E-state index is 6.12. The van der Waals surface area contributed by atoms with Gasteiger partial charge >= 0.3 is 0 Å². The van der Waals surface area contributed by atoms with Crippen LogP contribution in [0.1, 0.15) is 11.1 Å². The molecule has 0 saturated carbocycles. The highest BCUT2D eigenvalue weighted by Crippen LogP contribution is 2.29. The highest BCUT2D eigenvalue weighted by molar-refractivity contribution is 7.80. The molecule has 0 radical (unpaired) electrons. The van der Waals surface area contributed by atoms with E-state index in [1.165, 1.54) is 0 Å². The number of hydrazine groups is 1. The molecule has 0 fully saturated rings. The molecule has 23 heavy (non-hydrogen) atoms. The molecule has 0 heterocycles. The van der Waals surface area contributed by atoms with Crippen LogP contribution in [-0.2, 0) is 6.61 Å². The quantitative estimate of drug-likeness (QED) is 0.414. The van der Waals surface area contributed by atoms with Crippen LogP contribution in [0.15, 0.2) is 42.5 Å². The predicted octanol–water partition coefficient (Wildman–Crippen LogP) is 1.18. The molecule has 120 valence electrons. The van der Waals surface area contributed by atoms with Gasteiger partial charge in [-0.05, 0) is 36.5 Å². The Morgan fingerprint density at radius 2 is 2.09 bits per heavy atom. The van der Waals surface area contributed by atoms with Crippen LogP contribution in [0.5, 0.6) is 11.5 Å². The zero-order chi connectivity index (χ0) is 16.7.